The molecule has 0 saturated heterocycles. The molecule has 8 atom stereocenters. The van der Waals surface area contributed by atoms with E-state index in [1.54, 1.807) is 41.5 Å². The molecule has 3 rings (SSSR count). The van der Waals surface area contributed by atoms with Gasteiger partial charge in [-0.15, -0.1) is 0 Å². The van der Waals surface area contributed by atoms with Crippen molar-refractivity contribution in [3.63, 3.8) is 0 Å². The van der Waals surface area contributed by atoms with Crippen molar-refractivity contribution in [3.05, 3.63) is 72.3 Å². The Bertz CT molecular complexity index is 1990. The average Bonchev–Trinajstić information content (AvgIpc) is 3.95. The molecule has 358 valence electrons. The maximum absolute atomic E-state index is 14.2. The summed E-state index contributed by atoms with van der Waals surface area (Å²) in [5.74, 6) is -4.61. The van der Waals surface area contributed by atoms with Crippen molar-refractivity contribution in [2.75, 3.05) is 0 Å². The Balaban J connectivity index is 1.77. The van der Waals surface area contributed by atoms with Crippen molar-refractivity contribution in [3.8, 4) is 0 Å². The molecule has 0 saturated carbocycles. The van der Waals surface area contributed by atoms with Gasteiger partial charge in [-0.25, -0.2) is 14.8 Å². The van der Waals surface area contributed by atoms with Crippen LogP contribution < -0.4 is 43.4 Å². The Hall–Kier alpha value is -6.31. The number of nitrogens with one attached hydrogen (secondary N) is 8. The van der Waals surface area contributed by atoms with E-state index in [0.717, 1.165) is 5.56 Å². The quantitative estimate of drug-likeness (QED) is 0.0580. The summed E-state index contributed by atoms with van der Waals surface area (Å²) in [7, 11) is 0. The molecule has 2 aromatic heterocycles. The number of H-pyrrole nitrogens is 2. The first-order valence-corrected chi connectivity index (χ1v) is 22.1. The molecule has 0 aliphatic heterocycles. The highest BCUT2D eigenvalue weighted by Gasteiger charge is 2.35. The van der Waals surface area contributed by atoms with Crippen molar-refractivity contribution in [2.45, 2.75) is 149 Å². The largest absolute Gasteiger partial charge is 0.444 e. The van der Waals surface area contributed by atoms with Crippen LogP contribution in [0.15, 0.2) is 55.4 Å². The van der Waals surface area contributed by atoms with Crippen LogP contribution in [0.3, 0.4) is 0 Å². The number of benzene rings is 1. The van der Waals surface area contributed by atoms with Gasteiger partial charge in [0.25, 0.3) is 0 Å². The molecule has 20 nitrogen and oxygen atoms in total. The predicted molar refractivity (Wildman–Crippen MR) is 243 cm³/mol. The van der Waals surface area contributed by atoms with Gasteiger partial charge in [-0.3, -0.25) is 28.8 Å². The summed E-state index contributed by atoms with van der Waals surface area (Å²) in [5, 5.41) is 16.6. The van der Waals surface area contributed by atoms with E-state index in [0.29, 0.717) is 24.2 Å². The van der Waals surface area contributed by atoms with Gasteiger partial charge in [-0.1, -0.05) is 78.3 Å². The van der Waals surface area contributed by atoms with Crippen LogP contribution in [-0.4, -0.2) is 109 Å². The minimum Gasteiger partial charge on any atom is -0.444 e. The van der Waals surface area contributed by atoms with E-state index in [-0.39, 0.29) is 37.5 Å². The summed E-state index contributed by atoms with van der Waals surface area (Å²) in [4.78, 5) is 108. The van der Waals surface area contributed by atoms with E-state index in [9.17, 15) is 33.6 Å². The van der Waals surface area contributed by atoms with Crippen LogP contribution in [0, 0.1) is 17.8 Å². The fourth-order valence-electron chi connectivity index (χ4n) is 6.91. The van der Waals surface area contributed by atoms with Crippen LogP contribution in [0.2, 0.25) is 0 Å². The first-order chi connectivity index (χ1) is 30.6. The number of hydrogen-bond donors (Lipinski definition) is 10. The van der Waals surface area contributed by atoms with Crippen molar-refractivity contribution in [1.29, 1.82) is 0 Å². The van der Waals surface area contributed by atoms with Gasteiger partial charge in [0.05, 0.1) is 12.7 Å². The standard InChI is InChI=1S/C45H70N12O8/c1-10-27(6)38(43(63)53-33(39(47)59)18-29-21-48-23-50-29)57-42(62)37(26(4)5)56-36(58)20-31(46)32(16-25(2)3)52-41(61)35(19-30-22-49-24-51-30)54-40(60)34(17-28-14-12-11-13-15-28)55-44(64)65-45(7,8)9/h11-15,21-27,31-35,37-38H,10,16-20,46H2,1-9H3,(H2,47,59)(H,48,50)(H,49,51)(H,52,61)(H,53,63)(H,54,60)(H,55,64)(H,56,58)(H,57,62)/t27-,31-,32-,33-,34-,35-,37-,38-/m0/s1. The topological polar surface area (TPSA) is 310 Å². The lowest BCUT2D eigenvalue weighted by atomic mass is 9.94. The third kappa shape index (κ3) is 18.4. The second kappa shape index (κ2) is 25.2. The molecule has 0 fully saturated rings. The van der Waals surface area contributed by atoms with Crippen LogP contribution in [0.4, 0.5) is 4.79 Å². The van der Waals surface area contributed by atoms with Crippen LogP contribution in [-0.2, 0) is 52.8 Å². The number of aromatic amines is 2. The first kappa shape index (κ1) is 53.0. The fourth-order valence-corrected chi connectivity index (χ4v) is 6.91. The lowest BCUT2D eigenvalue weighted by Crippen LogP contribution is -2.60. The van der Waals surface area contributed by atoms with Gasteiger partial charge >= 0.3 is 6.09 Å². The van der Waals surface area contributed by atoms with Gasteiger partial charge in [-0.05, 0) is 50.5 Å². The zero-order valence-electron chi connectivity index (χ0n) is 39.0. The molecule has 0 aliphatic rings. The lowest BCUT2D eigenvalue weighted by Gasteiger charge is -2.31. The number of ether oxygens (including phenoxy) is 1. The number of imidazole rings is 2. The molecule has 0 unspecified atom stereocenters. The van der Waals surface area contributed by atoms with Gasteiger partial charge < -0.3 is 58.1 Å². The summed E-state index contributed by atoms with van der Waals surface area (Å²) >= 11 is 0. The van der Waals surface area contributed by atoms with Crippen molar-refractivity contribution >= 4 is 41.5 Å². The van der Waals surface area contributed by atoms with E-state index in [2.05, 4.69) is 51.8 Å². The highest BCUT2D eigenvalue weighted by molar-refractivity contribution is 5.95. The third-order valence-electron chi connectivity index (χ3n) is 10.6. The summed E-state index contributed by atoms with van der Waals surface area (Å²) in [5.41, 5.74) is 13.3. The zero-order chi connectivity index (χ0) is 48.4. The van der Waals surface area contributed by atoms with E-state index < -0.39 is 95.3 Å². The van der Waals surface area contributed by atoms with Crippen molar-refractivity contribution in [1.82, 2.24) is 51.8 Å². The normalized spacial score (nSPS) is 15.3. The number of nitrogens with zero attached hydrogens (tertiary/aromatic N) is 2. The van der Waals surface area contributed by atoms with Crippen LogP contribution >= 0.6 is 0 Å². The van der Waals surface area contributed by atoms with Gasteiger partial charge in [-0.2, -0.15) is 0 Å². The van der Waals surface area contributed by atoms with E-state index in [4.69, 9.17) is 16.2 Å². The molecular weight excluding hydrogens is 837 g/mol. The van der Waals surface area contributed by atoms with Crippen molar-refractivity contribution in [2.24, 2.45) is 29.2 Å². The molecule has 1 aromatic carbocycles. The number of aromatic nitrogens is 4. The molecule has 0 spiro atoms. The molecule has 2 heterocycles. The molecule has 0 bridgehead atoms. The van der Waals surface area contributed by atoms with Crippen molar-refractivity contribution < 1.29 is 38.3 Å². The van der Waals surface area contributed by atoms with Crippen LogP contribution in [0.5, 0.6) is 0 Å². The lowest BCUT2D eigenvalue weighted by molar-refractivity contribution is -0.135. The van der Waals surface area contributed by atoms with Gasteiger partial charge in [0.15, 0.2) is 0 Å². The minimum absolute atomic E-state index is 0.000471. The Morgan fingerprint density at radius 3 is 1.74 bits per heavy atom. The van der Waals surface area contributed by atoms with E-state index >= 15 is 0 Å². The zero-order valence-corrected chi connectivity index (χ0v) is 39.0. The Morgan fingerprint density at radius 2 is 1.23 bits per heavy atom. The molecule has 3 aromatic rings. The van der Waals surface area contributed by atoms with E-state index in [1.165, 1.54) is 25.0 Å². The maximum Gasteiger partial charge on any atom is 0.408 e. The molecule has 65 heavy (non-hydrogen) atoms. The summed E-state index contributed by atoms with van der Waals surface area (Å²) in [6, 6.07) is 1.82. The van der Waals surface area contributed by atoms with Crippen LogP contribution in [0.1, 0.15) is 98.5 Å². The monoisotopic (exact) mass is 907 g/mol. The van der Waals surface area contributed by atoms with Gasteiger partial charge in [0, 0.05) is 61.5 Å². The third-order valence-corrected chi connectivity index (χ3v) is 10.6. The van der Waals surface area contributed by atoms with Gasteiger partial charge in [0.2, 0.25) is 35.4 Å². The molecule has 0 radical (unpaired) electrons. The summed E-state index contributed by atoms with van der Waals surface area (Å²) in [6.07, 6.45) is 5.82. The number of primary amides is 1. The molecule has 7 amide bonds. The number of carbonyl (C=O) groups is 7. The molecule has 12 N–H and O–H groups in total. The van der Waals surface area contributed by atoms with Crippen LogP contribution in [0.25, 0.3) is 0 Å². The number of amides is 7. The first-order valence-electron chi connectivity index (χ1n) is 22.1. The molecule has 0 aliphatic carbocycles. The maximum atomic E-state index is 14.2. The number of alkyl carbamates (subject to hydrolysis) is 1. The Morgan fingerprint density at radius 1 is 0.692 bits per heavy atom. The number of nitrogens with two attached hydrogens (primary N) is 2. The second-order valence-electron chi connectivity index (χ2n) is 18.2. The van der Waals surface area contributed by atoms with Gasteiger partial charge in [0.1, 0.15) is 35.8 Å². The number of carbonyl (C=O) groups excluding carboxylic acids is 7. The predicted octanol–water partition coefficient (Wildman–Crippen LogP) is 1.43. The highest BCUT2D eigenvalue weighted by atomic mass is 16.6. The minimum atomic E-state index is -1.18. The molecule has 20 heteroatoms. The summed E-state index contributed by atoms with van der Waals surface area (Å²) in [6.45, 7) is 16.1. The number of hydrogen-bond acceptors (Lipinski definition) is 11. The number of rotatable bonds is 25. The smallest absolute Gasteiger partial charge is 0.408 e. The fraction of sp³-hybridized carbons (Fsp3) is 0.578. The van der Waals surface area contributed by atoms with E-state index in [1.807, 2.05) is 51.1 Å². The SMILES string of the molecule is CC[C@H](C)[C@H](NC(=O)[C@@H](NC(=O)C[C@H](N)[C@H](CC(C)C)NC(=O)[C@H](Cc1cnc[nH]1)NC(=O)[C@H](Cc1ccccc1)NC(=O)OC(C)(C)C)C(C)C)C(=O)N[C@@H](Cc1cnc[nH]1)C(N)=O. The highest BCUT2D eigenvalue weighted by Crippen LogP contribution is 2.15. The summed E-state index contributed by atoms with van der Waals surface area (Å²) < 4.78 is 5.44. The average molecular weight is 907 g/mol. The molecular formula is C45H70N12O8. The Kier molecular flexibility index (Phi) is 20.6. The Labute approximate surface area is 381 Å². The second-order valence-corrected chi connectivity index (χ2v) is 18.2.